The molecule has 2 fully saturated rings. The second kappa shape index (κ2) is 6.22. The number of allylic oxidation sites excluding steroid dienone is 1. The van der Waals surface area contributed by atoms with E-state index in [2.05, 4.69) is 6.58 Å². The van der Waals surface area contributed by atoms with Crippen molar-refractivity contribution in [2.75, 3.05) is 13.1 Å². The normalized spacial score (nSPS) is 28.9. The lowest BCUT2D eigenvalue weighted by molar-refractivity contribution is -0.145. The summed E-state index contributed by atoms with van der Waals surface area (Å²) in [6.45, 7) is 5.40. The van der Waals surface area contributed by atoms with Crippen LogP contribution in [0, 0.1) is 17.8 Å². The van der Waals surface area contributed by atoms with Crippen molar-refractivity contribution in [3.8, 4) is 0 Å². The molecule has 4 nitrogen and oxygen atoms in total. The van der Waals surface area contributed by atoms with Crippen molar-refractivity contribution in [3.63, 3.8) is 0 Å². The summed E-state index contributed by atoms with van der Waals surface area (Å²) in [4.78, 5) is 25.4. The highest BCUT2D eigenvalue weighted by Gasteiger charge is 2.34. The summed E-state index contributed by atoms with van der Waals surface area (Å²) in [6, 6.07) is 0. The van der Waals surface area contributed by atoms with Gasteiger partial charge in [-0.25, -0.2) is 0 Å². The van der Waals surface area contributed by atoms with Gasteiger partial charge in [-0.3, -0.25) is 9.59 Å². The lowest BCUT2D eigenvalue weighted by atomic mass is 9.80. The summed E-state index contributed by atoms with van der Waals surface area (Å²) in [6.07, 6.45) is 6.91. The van der Waals surface area contributed by atoms with Gasteiger partial charge in [0.1, 0.15) is 0 Å². The Morgan fingerprint density at radius 2 is 1.74 bits per heavy atom. The van der Waals surface area contributed by atoms with Crippen LogP contribution in [0.1, 0.15) is 38.5 Å². The Bertz CT molecular complexity index is 358. The average Bonchev–Trinajstić information content (AvgIpc) is 2.46. The molecule has 2 unspecified atom stereocenters. The number of piperidine rings is 1. The van der Waals surface area contributed by atoms with Gasteiger partial charge in [0, 0.05) is 19.0 Å². The van der Waals surface area contributed by atoms with E-state index in [1.807, 2.05) is 11.0 Å². The van der Waals surface area contributed by atoms with Crippen LogP contribution in [0.2, 0.25) is 0 Å². The molecule has 1 N–H and O–H groups in total. The molecule has 0 spiro atoms. The number of carboxylic acid groups (broad SMARTS) is 1. The number of hydrogen-bond acceptors (Lipinski definition) is 2. The Balaban J connectivity index is 1.89. The van der Waals surface area contributed by atoms with Crippen molar-refractivity contribution in [2.24, 2.45) is 17.8 Å². The predicted molar refractivity (Wildman–Crippen MR) is 72.6 cm³/mol. The zero-order valence-electron chi connectivity index (χ0n) is 11.4. The monoisotopic (exact) mass is 265 g/mol. The highest BCUT2D eigenvalue weighted by Crippen LogP contribution is 2.31. The Kier molecular flexibility index (Phi) is 4.61. The SMILES string of the molecule is C=CC1CCN(C(=O)C2CCCC(C(=O)O)C2)CC1. The fourth-order valence-electron chi connectivity index (χ4n) is 3.25. The van der Waals surface area contributed by atoms with Gasteiger partial charge in [0.15, 0.2) is 0 Å². The largest absolute Gasteiger partial charge is 0.481 e. The molecule has 0 aromatic rings. The number of carbonyl (C=O) groups excluding carboxylic acids is 1. The van der Waals surface area contributed by atoms with Gasteiger partial charge in [0.05, 0.1) is 5.92 Å². The Hall–Kier alpha value is -1.32. The number of nitrogens with zero attached hydrogens (tertiary/aromatic N) is 1. The summed E-state index contributed by atoms with van der Waals surface area (Å²) in [5.74, 6) is -0.443. The van der Waals surface area contributed by atoms with Gasteiger partial charge in [-0.05, 0) is 38.0 Å². The smallest absolute Gasteiger partial charge is 0.306 e. The molecule has 106 valence electrons. The minimum absolute atomic E-state index is 0.0740. The average molecular weight is 265 g/mol. The highest BCUT2D eigenvalue weighted by molar-refractivity contribution is 5.80. The first-order chi connectivity index (χ1) is 9.11. The van der Waals surface area contributed by atoms with E-state index in [4.69, 9.17) is 5.11 Å². The number of amides is 1. The quantitative estimate of drug-likeness (QED) is 0.797. The second-order valence-corrected chi connectivity index (χ2v) is 5.80. The standard InChI is InChI=1S/C15H23NO3/c1-2-11-6-8-16(9-7-11)14(17)12-4-3-5-13(10-12)15(18)19/h2,11-13H,1,3-10H2,(H,18,19). The van der Waals surface area contributed by atoms with E-state index in [-0.39, 0.29) is 17.7 Å². The molecular formula is C15H23NO3. The third kappa shape index (κ3) is 3.37. The maximum absolute atomic E-state index is 12.4. The minimum atomic E-state index is -0.747. The van der Waals surface area contributed by atoms with Crippen LogP contribution in [0.15, 0.2) is 12.7 Å². The van der Waals surface area contributed by atoms with Crippen LogP contribution < -0.4 is 0 Å². The first-order valence-corrected chi connectivity index (χ1v) is 7.26. The Morgan fingerprint density at radius 1 is 1.11 bits per heavy atom. The molecular weight excluding hydrogens is 242 g/mol. The molecule has 19 heavy (non-hydrogen) atoms. The number of aliphatic carboxylic acids is 1. The van der Waals surface area contributed by atoms with Crippen molar-refractivity contribution in [1.29, 1.82) is 0 Å². The fourth-order valence-corrected chi connectivity index (χ4v) is 3.25. The van der Waals surface area contributed by atoms with E-state index in [1.54, 1.807) is 0 Å². The van der Waals surface area contributed by atoms with Crippen LogP contribution in [0.3, 0.4) is 0 Å². The molecule has 1 saturated heterocycles. The van der Waals surface area contributed by atoms with Crippen LogP contribution in [0.25, 0.3) is 0 Å². The molecule has 0 aromatic heterocycles. The summed E-state index contributed by atoms with van der Waals surface area (Å²) in [5.41, 5.74) is 0. The van der Waals surface area contributed by atoms with Crippen LogP contribution >= 0.6 is 0 Å². The van der Waals surface area contributed by atoms with E-state index in [0.717, 1.165) is 45.2 Å². The zero-order chi connectivity index (χ0) is 13.8. The number of likely N-dealkylation sites (tertiary alicyclic amines) is 1. The van der Waals surface area contributed by atoms with Gasteiger partial charge in [0.2, 0.25) is 5.91 Å². The molecule has 1 saturated carbocycles. The summed E-state index contributed by atoms with van der Waals surface area (Å²) in [7, 11) is 0. The van der Waals surface area contributed by atoms with E-state index in [0.29, 0.717) is 12.3 Å². The van der Waals surface area contributed by atoms with Gasteiger partial charge in [-0.15, -0.1) is 6.58 Å². The van der Waals surface area contributed by atoms with Crippen LogP contribution in [-0.4, -0.2) is 35.0 Å². The molecule has 0 aromatic carbocycles. The van der Waals surface area contributed by atoms with E-state index < -0.39 is 5.97 Å². The van der Waals surface area contributed by atoms with Gasteiger partial charge < -0.3 is 10.0 Å². The van der Waals surface area contributed by atoms with Gasteiger partial charge >= 0.3 is 5.97 Å². The lowest BCUT2D eigenvalue weighted by Gasteiger charge is -2.35. The van der Waals surface area contributed by atoms with Crippen molar-refractivity contribution in [3.05, 3.63) is 12.7 Å². The molecule has 1 heterocycles. The Morgan fingerprint density at radius 3 is 2.32 bits per heavy atom. The van der Waals surface area contributed by atoms with Gasteiger partial charge in [-0.2, -0.15) is 0 Å². The van der Waals surface area contributed by atoms with Crippen LogP contribution in [-0.2, 0) is 9.59 Å². The third-order valence-corrected chi connectivity index (χ3v) is 4.56. The van der Waals surface area contributed by atoms with Crippen LogP contribution in [0.5, 0.6) is 0 Å². The Labute approximate surface area is 114 Å². The molecule has 1 aliphatic carbocycles. The molecule has 1 amide bonds. The van der Waals surface area contributed by atoms with E-state index in [1.165, 1.54) is 0 Å². The first kappa shape index (κ1) is 14.1. The highest BCUT2D eigenvalue weighted by atomic mass is 16.4. The number of carboxylic acids is 1. The van der Waals surface area contributed by atoms with Crippen molar-refractivity contribution in [2.45, 2.75) is 38.5 Å². The van der Waals surface area contributed by atoms with Crippen molar-refractivity contribution >= 4 is 11.9 Å². The molecule has 2 aliphatic rings. The number of rotatable bonds is 3. The zero-order valence-corrected chi connectivity index (χ0v) is 11.4. The van der Waals surface area contributed by atoms with E-state index in [9.17, 15) is 9.59 Å². The molecule has 0 radical (unpaired) electrons. The fraction of sp³-hybridized carbons (Fsp3) is 0.733. The number of hydrogen-bond donors (Lipinski definition) is 1. The molecule has 1 aliphatic heterocycles. The molecule has 4 heteroatoms. The maximum atomic E-state index is 12.4. The summed E-state index contributed by atoms with van der Waals surface area (Å²) in [5, 5.41) is 9.08. The van der Waals surface area contributed by atoms with Crippen molar-refractivity contribution in [1.82, 2.24) is 4.90 Å². The first-order valence-electron chi connectivity index (χ1n) is 7.26. The molecule has 0 bridgehead atoms. The van der Waals surface area contributed by atoms with Crippen LogP contribution in [0.4, 0.5) is 0 Å². The predicted octanol–water partition coefficient (Wildman–Crippen LogP) is 2.30. The van der Waals surface area contributed by atoms with Gasteiger partial charge in [-0.1, -0.05) is 12.5 Å². The lowest BCUT2D eigenvalue weighted by Crippen LogP contribution is -2.43. The van der Waals surface area contributed by atoms with E-state index >= 15 is 0 Å². The summed E-state index contributed by atoms with van der Waals surface area (Å²) < 4.78 is 0. The van der Waals surface area contributed by atoms with Crippen molar-refractivity contribution < 1.29 is 14.7 Å². The molecule has 2 atom stereocenters. The number of carbonyl (C=O) groups is 2. The third-order valence-electron chi connectivity index (χ3n) is 4.56. The van der Waals surface area contributed by atoms with Gasteiger partial charge in [0.25, 0.3) is 0 Å². The summed E-state index contributed by atoms with van der Waals surface area (Å²) >= 11 is 0. The maximum Gasteiger partial charge on any atom is 0.306 e. The minimum Gasteiger partial charge on any atom is -0.481 e. The second-order valence-electron chi connectivity index (χ2n) is 5.80. The topological polar surface area (TPSA) is 57.6 Å². The molecule has 2 rings (SSSR count).